The summed E-state index contributed by atoms with van der Waals surface area (Å²) in [5.74, 6) is 0.187. The Labute approximate surface area is 151 Å². The molecule has 0 radical (unpaired) electrons. The predicted octanol–water partition coefficient (Wildman–Crippen LogP) is 2.44. The molecule has 1 aliphatic heterocycles. The summed E-state index contributed by atoms with van der Waals surface area (Å²) in [5.41, 5.74) is 1.27. The van der Waals surface area contributed by atoms with Crippen molar-refractivity contribution in [2.75, 3.05) is 22.8 Å². The molecule has 0 saturated heterocycles. The van der Waals surface area contributed by atoms with Gasteiger partial charge < -0.3 is 9.64 Å². The fraction of sp³-hybridized carbons (Fsp3) is 0.222. The van der Waals surface area contributed by atoms with Crippen molar-refractivity contribution in [3.63, 3.8) is 0 Å². The van der Waals surface area contributed by atoms with Crippen LogP contribution in [0.2, 0.25) is 0 Å². The largest absolute Gasteiger partial charge is 0.490 e. The molecule has 0 fully saturated rings. The van der Waals surface area contributed by atoms with Gasteiger partial charge in [-0.1, -0.05) is 0 Å². The first kappa shape index (κ1) is 17.9. The lowest BCUT2D eigenvalue weighted by molar-refractivity contribution is -0.116. The van der Waals surface area contributed by atoms with Crippen LogP contribution >= 0.6 is 0 Å². The van der Waals surface area contributed by atoms with Crippen LogP contribution in [0.1, 0.15) is 24.2 Å². The van der Waals surface area contributed by atoms with E-state index < -0.39 is 10.0 Å². The molecule has 0 atom stereocenters. The van der Waals surface area contributed by atoms with Crippen molar-refractivity contribution in [2.45, 2.75) is 18.7 Å². The van der Waals surface area contributed by atoms with E-state index in [0.29, 0.717) is 35.8 Å². The minimum atomic E-state index is -3.86. The summed E-state index contributed by atoms with van der Waals surface area (Å²) in [5, 5.41) is 0. The number of Topliss-reactive ketones (excluding diaryl/α,β-unsaturated/α-hetero) is 1. The predicted molar refractivity (Wildman–Crippen MR) is 97.2 cm³/mol. The van der Waals surface area contributed by atoms with Crippen LogP contribution < -0.4 is 14.4 Å². The van der Waals surface area contributed by atoms with Gasteiger partial charge in [-0.2, -0.15) is 0 Å². The number of nitrogens with zero attached hydrogens (tertiary/aromatic N) is 1. The third-order valence-electron chi connectivity index (χ3n) is 4.03. The molecule has 0 spiro atoms. The number of ether oxygens (including phenoxy) is 1. The van der Waals surface area contributed by atoms with E-state index in [9.17, 15) is 18.0 Å². The number of fused-ring (bicyclic) bond motifs is 1. The molecule has 0 aromatic heterocycles. The standard InChI is InChI=1S/C18H18N2O5S/c1-12(21)14-3-5-15(6-4-14)19-26(23,24)16-7-8-18-17(11-16)20(13(2)22)9-10-25-18/h3-8,11,19H,9-10H2,1-2H3. The number of sulfonamides is 1. The highest BCUT2D eigenvalue weighted by molar-refractivity contribution is 7.92. The Morgan fingerprint density at radius 1 is 1.08 bits per heavy atom. The van der Waals surface area contributed by atoms with E-state index in [2.05, 4.69) is 4.72 Å². The van der Waals surface area contributed by atoms with Crippen LogP contribution in [0.25, 0.3) is 0 Å². The number of carbonyl (C=O) groups excluding carboxylic acids is 2. The van der Waals surface area contributed by atoms with Gasteiger partial charge in [0.05, 0.1) is 17.1 Å². The smallest absolute Gasteiger partial charge is 0.261 e. The zero-order valence-corrected chi connectivity index (χ0v) is 15.2. The molecular formula is C18H18N2O5S. The Balaban J connectivity index is 1.91. The normalized spacial score (nSPS) is 13.5. The van der Waals surface area contributed by atoms with Gasteiger partial charge in [0.1, 0.15) is 12.4 Å². The third-order valence-corrected chi connectivity index (χ3v) is 5.41. The monoisotopic (exact) mass is 374 g/mol. The molecule has 2 aromatic carbocycles. The summed E-state index contributed by atoms with van der Waals surface area (Å²) in [6, 6.07) is 10.5. The van der Waals surface area contributed by atoms with E-state index >= 15 is 0 Å². The highest BCUT2D eigenvalue weighted by Gasteiger charge is 2.24. The van der Waals surface area contributed by atoms with Crippen LogP contribution in [0.5, 0.6) is 5.75 Å². The van der Waals surface area contributed by atoms with Gasteiger partial charge in [-0.05, 0) is 49.4 Å². The number of carbonyl (C=O) groups is 2. The maximum atomic E-state index is 12.7. The van der Waals surface area contributed by atoms with Crippen molar-refractivity contribution < 1.29 is 22.7 Å². The van der Waals surface area contributed by atoms with Gasteiger partial charge in [-0.15, -0.1) is 0 Å². The van der Waals surface area contributed by atoms with Crippen molar-refractivity contribution in [3.8, 4) is 5.75 Å². The van der Waals surface area contributed by atoms with Gasteiger partial charge in [0.25, 0.3) is 10.0 Å². The number of amides is 1. The van der Waals surface area contributed by atoms with Gasteiger partial charge in [-0.25, -0.2) is 8.42 Å². The molecular weight excluding hydrogens is 356 g/mol. The van der Waals surface area contributed by atoms with Gasteiger partial charge in [0.15, 0.2) is 5.78 Å². The van der Waals surface area contributed by atoms with Crippen molar-refractivity contribution in [1.82, 2.24) is 0 Å². The Hall–Kier alpha value is -2.87. The molecule has 2 aromatic rings. The summed E-state index contributed by atoms with van der Waals surface area (Å²) in [6.07, 6.45) is 0. The molecule has 3 rings (SSSR count). The molecule has 1 amide bonds. The Kier molecular flexibility index (Phi) is 4.69. The zero-order chi connectivity index (χ0) is 18.9. The number of hydrogen-bond acceptors (Lipinski definition) is 5. The van der Waals surface area contributed by atoms with Gasteiger partial charge in [0, 0.05) is 18.2 Å². The molecule has 8 heteroatoms. The molecule has 1 aliphatic rings. The minimum absolute atomic E-state index is 0.0173. The van der Waals surface area contributed by atoms with Crippen LogP contribution in [0, 0.1) is 0 Å². The first-order valence-corrected chi connectivity index (χ1v) is 9.45. The van der Waals surface area contributed by atoms with Crippen LogP contribution in [0.3, 0.4) is 0 Å². The summed E-state index contributed by atoms with van der Waals surface area (Å²) >= 11 is 0. The van der Waals surface area contributed by atoms with Crippen LogP contribution in [-0.4, -0.2) is 33.3 Å². The highest BCUT2D eigenvalue weighted by atomic mass is 32.2. The molecule has 136 valence electrons. The molecule has 0 bridgehead atoms. The van der Waals surface area contributed by atoms with E-state index in [0.717, 1.165) is 0 Å². The molecule has 0 saturated carbocycles. The summed E-state index contributed by atoms with van der Waals surface area (Å²) in [4.78, 5) is 24.6. The van der Waals surface area contributed by atoms with Crippen molar-refractivity contribution in [2.24, 2.45) is 0 Å². The third kappa shape index (κ3) is 3.55. The second kappa shape index (κ2) is 6.80. The van der Waals surface area contributed by atoms with Crippen molar-refractivity contribution >= 4 is 33.1 Å². The summed E-state index contributed by atoms with van der Waals surface area (Å²) in [7, 11) is -3.86. The van der Waals surface area contributed by atoms with E-state index in [1.807, 2.05) is 0 Å². The summed E-state index contributed by atoms with van der Waals surface area (Å²) in [6.45, 7) is 3.59. The second-order valence-corrected chi connectivity index (χ2v) is 7.57. The lowest BCUT2D eigenvalue weighted by Crippen LogP contribution is -2.36. The molecule has 1 heterocycles. The van der Waals surface area contributed by atoms with E-state index in [1.165, 1.54) is 49.1 Å². The molecule has 1 N–H and O–H groups in total. The minimum Gasteiger partial charge on any atom is -0.490 e. The quantitative estimate of drug-likeness (QED) is 0.830. The molecule has 7 nitrogen and oxygen atoms in total. The van der Waals surface area contributed by atoms with Crippen LogP contribution in [0.15, 0.2) is 47.4 Å². The van der Waals surface area contributed by atoms with Gasteiger partial charge >= 0.3 is 0 Å². The fourth-order valence-corrected chi connectivity index (χ4v) is 3.76. The number of rotatable bonds is 4. The second-order valence-electron chi connectivity index (χ2n) is 5.89. The zero-order valence-electron chi connectivity index (χ0n) is 14.4. The summed E-state index contributed by atoms with van der Waals surface area (Å²) < 4.78 is 33.3. The highest BCUT2D eigenvalue weighted by Crippen LogP contribution is 2.34. The first-order valence-electron chi connectivity index (χ1n) is 7.97. The van der Waals surface area contributed by atoms with Crippen LogP contribution in [0.4, 0.5) is 11.4 Å². The number of ketones is 1. The number of benzene rings is 2. The molecule has 0 aliphatic carbocycles. The van der Waals surface area contributed by atoms with Gasteiger partial charge in [0.2, 0.25) is 5.91 Å². The molecule has 0 unspecified atom stereocenters. The molecule has 26 heavy (non-hydrogen) atoms. The van der Waals surface area contributed by atoms with E-state index in [-0.39, 0.29) is 16.6 Å². The number of anilines is 2. The fourth-order valence-electron chi connectivity index (χ4n) is 2.68. The van der Waals surface area contributed by atoms with E-state index in [1.54, 1.807) is 12.1 Å². The average molecular weight is 374 g/mol. The first-order chi connectivity index (χ1) is 12.3. The lowest BCUT2D eigenvalue weighted by Gasteiger charge is -2.29. The Bertz CT molecular complexity index is 968. The topological polar surface area (TPSA) is 92.8 Å². The van der Waals surface area contributed by atoms with Crippen molar-refractivity contribution in [3.05, 3.63) is 48.0 Å². The Morgan fingerprint density at radius 3 is 2.38 bits per heavy atom. The number of nitrogens with one attached hydrogen (secondary N) is 1. The van der Waals surface area contributed by atoms with Gasteiger partial charge in [-0.3, -0.25) is 14.3 Å². The lowest BCUT2D eigenvalue weighted by atomic mass is 10.1. The Morgan fingerprint density at radius 2 is 1.77 bits per heavy atom. The average Bonchev–Trinajstić information content (AvgIpc) is 2.60. The van der Waals surface area contributed by atoms with Crippen molar-refractivity contribution in [1.29, 1.82) is 0 Å². The maximum absolute atomic E-state index is 12.7. The van der Waals surface area contributed by atoms with E-state index in [4.69, 9.17) is 4.74 Å². The SMILES string of the molecule is CC(=O)c1ccc(NS(=O)(=O)c2ccc3c(c2)N(C(C)=O)CCO3)cc1. The number of hydrogen-bond donors (Lipinski definition) is 1. The van der Waals surface area contributed by atoms with Crippen LogP contribution in [-0.2, 0) is 14.8 Å². The maximum Gasteiger partial charge on any atom is 0.261 e.